The fourth-order valence-electron chi connectivity index (χ4n) is 1.11. The first-order chi connectivity index (χ1) is 7.50. The van der Waals surface area contributed by atoms with Crippen LogP contribution in [-0.4, -0.2) is 40.9 Å². The first-order valence-electron chi connectivity index (χ1n) is 4.33. The molecule has 0 spiro atoms. The number of rotatable bonds is 5. The molecule has 1 heterocycles. The third-order valence-electron chi connectivity index (χ3n) is 1.69. The molecule has 1 aromatic heterocycles. The predicted octanol–water partition coefficient (Wildman–Crippen LogP) is -0.240. The molecule has 0 aliphatic heterocycles. The van der Waals surface area contributed by atoms with Gasteiger partial charge in [0.2, 0.25) is 5.91 Å². The molecular weight excluding hydrogens is 232 g/mol. The molecule has 0 aliphatic carbocycles. The number of hydrogen-bond donors (Lipinski definition) is 2. The number of primary amides is 1. The van der Waals surface area contributed by atoms with Gasteiger partial charge in [0.05, 0.1) is 4.88 Å². The Kier molecular flexibility index (Phi) is 4.01. The first-order valence-corrected chi connectivity index (χ1v) is 5.21. The van der Waals surface area contributed by atoms with Crippen LogP contribution in [0.15, 0.2) is 17.5 Å². The highest BCUT2D eigenvalue weighted by molar-refractivity contribution is 7.12. The molecule has 0 aromatic carbocycles. The van der Waals surface area contributed by atoms with Crippen molar-refractivity contribution < 1.29 is 19.5 Å². The van der Waals surface area contributed by atoms with Gasteiger partial charge in [-0.05, 0) is 11.4 Å². The van der Waals surface area contributed by atoms with Crippen LogP contribution < -0.4 is 5.73 Å². The smallest absolute Gasteiger partial charge is 0.323 e. The maximum absolute atomic E-state index is 11.7. The highest BCUT2D eigenvalue weighted by Crippen LogP contribution is 2.11. The van der Waals surface area contributed by atoms with Gasteiger partial charge in [0.15, 0.2) is 0 Å². The molecule has 0 saturated heterocycles. The molecule has 0 saturated carbocycles. The van der Waals surface area contributed by atoms with Crippen molar-refractivity contribution in [2.75, 3.05) is 13.1 Å². The van der Waals surface area contributed by atoms with Crippen LogP contribution in [0.5, 0.6) is 0 Å². The van der Waals surface area contributed by atoms with E-state index in [0.29, 0.717) is 4.88 Å². The molecule has 0 bridgehead atoms. The summed E-state index contributed by atoms with van der Waals surface area (Å²) >= 11 is 1.18. The molecule has 86 valence electrons. The van der Waals surface area contributed by atoms with Gasteiger partial charge < -0.3 is 15.7 Å². The minimum Gasteiger partial charge on any atom is -0.480 e. The van der Waals surface area contributed by atoms with Crippen LogP contribution in [0.4, 0.5) is 0 Å². The van der Waals surface area contributed by atoms with E-state index in [2.05, 4.69) is 0 Å². The van der Waals surface area contributed by atoms with Crippen LogP contribution in [-0.2, 0) is 9.59 Å². The molecule has 0 atom stereocenters. The van der Waals surface area contributed by atoms with Crippen LogP contribution in [0, 0.1) is 0 Å². The summed E-state index contributed by atoms with van der Waals surface area (Å²) in [6.07, 6.45) is 0. The van der Waals surface area contributed by atoms with Crippen molar-refractivity contribution in [1.29, 1.82) is 0 Å². The zero-order chi connectivity index (χ0) is 12.1. The van der Waals surface area contributed by atoms with Gasteiger partial charge in [-0.3, -0.25) is 14.4 Å². The zero-order valence-electron chi connectivity index (χ0n) is 8.25. The lowest BCUT2D eigenvalue weighted by atomic mass is 10.3. The summed E-state index contributed by atoms with van der Waals surface area (Å²) in [5, 5.41) is 10.3. The quantitative estimate of drug-likeness (QED) is 0.744. The summed E-state index contributed by atoms with van der Waals surface area (Å²) in [4.78, 5) is 34.2. The van der Waals surface area contributed by atoms with Gasteiger partial charge in [-0.1, -0.05) is 6.07 Å². The third kappa shape index (κ3) is 3.35. The van der Waals surface area contributed by atoms with Gasteiger partial charge in [0, 0.05) is 0 Å². The molecule has 16 heavy (non-hydrogen) atoms. The molecule has 7 heteroatoms. The van der Waals surface area contributed by atoms with E-state index < -0.39 is 30.9 Å². The Morgan fingerprint density at radius 3 is 2.50 bits per heavy atom. The standard InChI is InChI=1S/C9H10N2O4S/c10-7(12)4-11(5-8(13)14)9(15)6-2-1-3-16-6/h1-3H,4-5H2,(H2,10,12)(H,13,14). The Labute approximate surface area is 95.3 Å². The van der Waals surface area contributed by atoms with Crippen molar-refractivity contribution in [3.8, 4) is 0 Å². The number of nitrogens with zero attached hydrogens (tertiary/aromatic N) is 1. The van der Waals surface area contributed by atoms with E-state index in [4.69, 9.17) is 10.8 Å². The van der Waals surface area contributed by atoms with E-state index >= 15 is 0 Å². The summed E-state index contributed by atoms with van der Waals surface area (Å²) in [5.41, 5.74) is 4.94. The fraction of sp³-hybridized carbons (Fsp3) is 0.222. The van der Waals surface area contributed by atoms with Gasteiger partial charge >= 0.3 is 5.97 Å². The monoisotopic (exact) mass is 242 g/mol. The summed E-state index contributed by atoms with van der Waals surface area (Å²) in [7, 11) is 0. The Bertz CT molecular complexity index is 386. The number of carboxylic acid groups (broad SMARTS) is 1. The van der Waals surface area contributed by atoms with Crippen molar-refractivity contribution >= 4 is 29.1 Å². The normalized spacial score (nSPS) is 9.75. The number of nitrogens with two attached hydrogens (primary N) is 1. The Morgan fingerprint density at radius 2 is 2.06 bits per heavy atom. The molecular formula is C9H10N2O4S. The number of carbonyl (C=O) groups excluding carboxylic acids is 2. The van der Waals surface area contributed by atoms with Gasteiger partial charge in [-0.15, -0.1) is 11.3 Å². The number of thiophene rings is 1. The van der Waals surface area contributed by atoms with Gasteiger partial charge in [-0.2, -0.15) is 0 Å². The topological polar surface area (TPSA) is 101 Å². The second kappa shape index (κ2) is 5.26. The zero-order valence-corrected chi connectivity index (χ0v) is 9.07. The molecule has 3 N–H and O–H groups in total. The lowest BCUT2D eigenvalue weighted by Gasteiger charge is -2.17. The second-order valence-corrected chi connectivity index (χ2v) is 3.95. The van der Waals surface area contributed by atoms with Crippen molar-refractivity contribution in [2.24, 2.45) is 5.73 Å². The Hall–Kier alpha value is -1.89. The van der Waals surface area contributed by atoms with E-state index in [-0.39, 0.29) is 0 Å². The van der Waals surface area contributed by atoms with Gasteiger partial charge in [0.25, 0.3) is 5.91 Å². The maximum Gasteiger partial charge on any atom is 0.323 e. The fourth-order valence-corrected chi connectivity index (χ4v) is 1.80. The summed E-state index contributed by atoms with van der Waals surface area (Å²) in [6, 6.07) is 3.23. The Morgan fingerprint density at radius 1 is 1.38 bits per heavy atom. The van der Waals surface area contributed by atoms with Crippen molar-refractivity contribution in [3.63, 3.8) is 0 Å². The number of hydrogen-bond acceptors (Lipinski definition) is 4. The second-order valence-electron chi connectivity index (χ2n) is 3.00. The average Bonchev–Trinajstić information content (AvgIpc) is 2.66. The lowest BCUT2D eigenvalue weighted by Crippen LogP contribution is -2.41. The summed E-state index contributed by atoms with van der Waals surface area (Å²) < 4.78 is 0. The molecule has 0 radical (unpaired) electrons. The van der Waals surface area contributed by atoms with Crippen molar-refractivity contribution in [2.45, 2.75) is 0 Å². The van der Waals surface area contributed by atoms with E-state index in [9.17, 15) is 14.4 Å². The third-order valence-corrected chi connectivity index (χ3v) is 2.55. The Balaban J connectivity index is 2.79. The average molecular weight is 242 g/mol. The van der Waals surface area contributed by atoms with Crippen LogP contribution in [0.3, 0.4) is 0 Å². The van der Waals surface area contributed by atoms with Gasteiger partial charge in [-0.25, -0.2) is 0 Å². The highest BCUT2D eigenvalue weighted by Gasteiger charge is 2.20. The molecule has 0 unspecified atom stereocenters. The maximum atomic E-state index is 11.7. The molecule has 6 nitrogen and oxygen atoms in total. The predicted molar refractivity (Wildman–Crippen MR) is 57.1 cm³/mol. The van der Waals surface area contributed by atoms with E-state index in [1.807, 2.05) is 0 Å². The molecule has 2 amide bonds. The first kappa shape index (κ1) is 12.2. The van der Waals surface area contributed by atoms with E-state index in [0.717, 1.165) is 4.90 Å². The lowest BCUT2D eigenvalue weighted by molar-refractivity contribution is -0.138. The van der Waals surface area contributed by atoms with E-state index in [1.54, 1.807) is 17.5 Å². The number of carboxylic acids is 1. The minimum absolute atomic E-state index is 0.377. The van der Waals surface area contributed by atoms with Crippen LogP contribution >= 0.6 is 11.3 Å². The SMILES string of the molecule is NC(=O)CN(CC(=O)O)C(=O)c1cccs1. The van der Waals surface area contributed by atoms with Crippen LogP contribution in [0.2, 0.25) is 0 Å². The van der Waals surface area contributed by atoms with Crippen molar-refractivity contribution in [3.05, 3.63) is 22.4 Å². The molecule has 0 fully saturated rings. The summed E-state index contributed by atoms with van der Waals surface area (Å²) in [6.45, 7) is -0.942. The molecule has 1 aromatic rings. The number of carbonyl (C=O) groups is 3. The van der Waals surface area contributed by atoms with Crippen molar-refractivity contribution in [1.82, 2.24) is 4.90 Å². The van der Waals surface area contributed by atoms with Crippen LogP contribution in [0.1, 0.15) is 9.67 Å². The van der Waals surface area contributed by atoms with Gasteiger partial charge in [0.1, 0.15) is 13.1 Å². The van der Waals surface area contributed by atoms with Crippen LogP contribution in [0.25, 0.3) is 0 Å². The number of aliphatic carboxylic acids is 1. The highest BCUT2D eigenvalue weighted by atomic mass is 32.1. The molecule has 0 aliphatic rings. The number of amides is 2. The molecule has 1 rings (SSSR count). The minimum atomic E-state index is -1.19. The largest absolute Gasteiger partial charge is 0.480 e. The van der Waals surface area contributed by atoms with E-state index in [1.165, 1.54) is 11.3 Å². The summed E-state index contributed by atoms with van der Waals surface area (Å²) in [5.74, 6) is -2.44.